The van der Waals surface area contributed by atoms with Gasteiger partial charge in [-0.05, 0) is 19.1 Å². The van der Waals surface area contributed by atoms with Gasteiger partial charge in [0.05, 0.1) is 35.5 Å². The van der Waals surface area contributed by atoms with E-state index >= 15 is 0 Å². The summed E-state index contributed by atoms with van der Waals surface area (Å²) in [5.41, 5.74) is 1.17. The summed E-state index contributed by atoms with van der Waals surface area (Å²) in [5.74, 6) is 0.720. The van der Waals surface area contributed by atoms with Crippen molar-refractivity contribution in [3.05, 3.63) is 46.3 Å². The number of nitro groups is 1. The normalized spacial score (nSPS) is 10.4. The third-order valence-electron chi connectivity index (χ3n) is 2.54. The van der Waals surface area contributed by atoms with Crippen molar-refractivity contribution in [1.29, 1.82) is 0 Å². The van der Waals surface area contributed by atoms with E-state index < -0.39 is 4.92 Å². The molecule has 1 aromatic carbocycles. The molecule has 0 aliphatic carbocycles. The fourth-order valence-corrected chi connectivity index (χ4v) is 1.90. The molecule has 0 bridgehead atoms. The number of hydrogen-bond donors (Lipinski definition) is 0. The van der Waals surface area contributed by atoms with Gasteiger partial charge in [-0.3, -0.25) is 10.1 Å². The topological polar surface area (TPSA) is 70.2 Å². The highest BCUT2D eigenvalue weighted by Gasteiger charge is 2.14. The second-order valence-electron chi connectivity index (χ2n) is 3.76. The lowest BCUT2D eigenvalue weighted by atomic mass is 10.2. The smallest absolute Gasteiger partial charge is 0.273 e. The van der Waals surface area contributed by atoms with Crippen molar-refractivity contribution in [3.63, 3.8) is 0 Å². The molecule has 7 heteroatoms. The van der Waals surface area contributed by atoms with Crippen LogP contribution in [0.3, 0.4) is 0 Å². The molecular formula is C12H12ClN3O3. The number of hydrogen-bond acceptors (Lipinski definition) is 4. The number of alkyl halides is 1. The molecule has 0 fully saturated rings. The van der Waals surface area contributed by atoms with E-state index in [1.54, 1.807) is 29.2 Å². The Morgan fingerprint density at radius 3 is 2.95 bits per heavy atom. The summed E-state index contributed by atoms with van der Waals surface area (Å²) in [6, 6.07) is 4.69. The van der Waals surface area contributed by atoms with Gasteiger partial charge in [0, 0.05) is 11.6 Å². The van der Waals surface area contributed by atoms with Crippen LogP contribution in [0, 0.1) is 10.1 Å². The van der Waals surface area contributed by atoms with Crippen LogP contribution < -0.4 is 4.74 Å². The highest BCUT2D eigenvalue weighted by Crippen LogP contribution is 2.24. The van der Waals surface area contributed by atoms with E-state index in [4.69, 9.17) is 16.3 Å². The molecule has 6 nitrogen and oxygen atoms in total. The first-order valence-corrected chi connectivity index (χ1v) is 6.20. The Morgan fingerprint density at radius 2 is 2.32 bits per heavy atom. The van der Waals surface area contributed by atoms with Crippen LogP contribution in [0.2, 0.25) is 0 Å². The van der Waals surface area contributed by atoms with Crippen LogP contribution in [-0.2, 0) is 5.88 Å². The van der Waals surface area contributed by atoms with Crippen LogP contribution in [-0.4, -0.2) is 21.3 Å². The summed E-state index contributed by atoms with van der Waals surface area (Å²) in [7, 11) is 0. The Morgan fingerprint density at radius 1 is 1.53 bits per heavy atom. The van der Waals surface area contributed by atoms with Crippen LogP contribution in [0.1, 0.15) is 12.5 Å². The summed E-state index contributed by atoms with van der Waals surface area (Å²) < 4.78 is 6.90. The molecule has 0 N–H and O–H groups in total. The van der Waals surface area contributed by atoms with Gasteiger partial charge in [-0.2, -0.15) is 5.10 Å². The third kappa shape index (κ3) is 2.85. The zero-order valence-corrected chi connectivity index (χ0v) is 11.0. The largest absolute Gasteiger partial charge is 0.491 e. The first kappa shape index (κ1) is 13.4. The van der Waals surface area contributed by atoms with Gasteiger partial charge < -0.3 is 4.74 Å². The minimum Gasteiger partial charge on any atom is -0.491 e. The maximum atomic E-state index is 10.8. The van der Waals surface area contributed by atoms with Crippen LogP contribution in [0.5, 0.6) is 5.75 Å². The van der Waals surface area contributed by atoms with Crippen molar-refractivity contribution in [2.24, 2.45) is 0 Å². The van der Waals surface area contributed by atoms with Crippen molar-refractivity contribution in [3.8, 4) is 11.4 Å². The standard InChI is InChI=1S/C12H12ClN3O3/c1-2-19-11-7-14-15(8-11)10-3-4-12(16(17)18)9(5-10)6-13/h3-5,7-8H,2,6H2,1H3. The molecule has 1 heterocycles. The van der Waals surface area contributed by atoms with Crippen molar-refractivity contribution < 1.29 is 9.66 Å². The Hall–Kier alpha value is -2.08. The molecule has 2 rings (SSSR count). The molecule has 0 saturated carbocycles. The molecule has 0 amide bonds. The van der Waals surface area contributed by atoms with Crippen molar-refractivity contribution in [1.82, 2.24) is 9.78 Å². The fraction of sp³-hybridized carbons (Fsp3) is 0.250. The van der Waals surface area contributed by atoms with Crippen molar-refractivity contribution in [2.45, 2.75) is 12.8 Å². The highest BCUT2D eigenvalue weighted by atomic mass is 35.5. The van der Waals surface area contributed by atoms with E-state index in [1.165, 1.54) is 6.07 Å². The molecule has 0 spiro atoms. The van der Waals surface area contributed by atoms with Gasteiger partial charge in [-0.1, -0.05) is 0 Å². The van der Waals surface area contributed by atoms with Gasteiger partial charge in [-0.25, -0.2) is 4.68 Å². The maximum Gasteiger partial charge on any atom is 0.273 e. The van der Waals surface area contributed by atoms with E-state index in [-0.39, 0.29) is 11.6 Å². The SMILES string of the molecule is CCOc1cnn(-c2ccc([N+](=O)[O-])c(CCl)c2)c1. The highest BCUT2D eigenvalue weighted by molar-refractivity contribution is 6.17. The monoisotopic (exact) mass is 281 g/mol. The second-order valence-corrected chi connectivity index (χ2v) is 4.02. The molecule has 100 valence electrons. The van der Waals surface area contributed by atoms with E-state index in [0.717, 1.165) is 0 Å². The van der Waals surface area contributed by atoms with Crippen LogP contribution in [0.15, 0.2) is 30.6 Å². The summed E-state index contributed by atoms with van der Waals surface area (Å²) in [4.78, 5) is 10.4. The number of nitrogens with zero attached hydrogens (tertiary/aromatic N) is 3. The Kier molecular flexibility index (Phi) is 4.01. The van der Waals surface area contributed by atoms with Gasteiger partial charge >= 0.3 is 0 Å². The predicted molar refractivity (Wildman–Crippen MR) is 70.9 cm³/mol. The van der Waals surface area contributed by atoms with Gasteiger partial charge in [0.25, 0.3) is 5.69 Å². The van der Waals surface area contributed by atoms with Crippen molar-refractivity contribution >= 4 is 17.3 Å². The van der Waals surface area contributed by atoms with E-state index in [9.17, 15) is 10.1 Å². The van der Waals surface area contributed by atoms with E-state index in [0.29, 0.717) is 23.6 Å². The lowest BCUT2D eigenvalue weighted by Gasteiger charge is -2.04. The van der Waals surface area contributed by atoms with Gasteiger partial charge in [0.2, 0.25) is 0 Å². The summed E-state index contributed by atoms with van der Waals surface area (Å²) >= 11 is 5.73. The van der Waals surface area contributed by atoms with E-state index in [2.05, 4.69) is 5.10 Å². The molecule has 0 saturated heterocycles. The molecule has 0 aliphatic rings. The van der Waals surface area contributed by atoms with Gasteiger partial charge in [-0.15, -0.1) is 11.6 Å². The number of rotatable bonds is 5. The van der Waals surface area contributed by atoms with Crippen LogP contribution in [0.25, 0.3) is 5.69 Å². The molecule has 0 atom stereocenters. The first-order chi connectivity index (χ1) is 9.15. The molecule has 0 aliphatic heterocycles. The zero-order valence-electron chi connectivity index (χ0n) is 10.2. The lowest BCUT2D eigenvalue weighted by molar-refractivity contribution is -0.385. The summed E-state index contributed by atoms with van der Waals surface area (Å²) in [6.07, 6.45) is 3.30. The second kappa shape index (κ2) is 5.71. The Bertz CT molecular complexity index is 598. The average Bonchev–Trinajstić information content (AvgIpc) is 2.87. The number of nitro benzene ring substituents is 1. The molecule has 2 aromatic rings. The molecule has 19 heavy (non-hydrogen) atoms. The molecule has 1 aromatic heterocycles. The molecule has 0 radical (unpaired) electrons. The quantitative estimate of drug-likeness (QED) is 0.480. The van der Waals surface area contributed by atoms with Crippen LogP contribution in [0.4, 0.5) is 5.69 Å². The maximum absolute atomic E-state index is 10.8. The summed E-state index contributed by atoms with van der Waals surface area (Å²) in [5, 5.41) is 15.0. The number of aromatic nitrogens is 2. The lowest BCUT2D eigenvalue weighted by Crippen LogP contribution is -1.99. The van der Waals surface area contributed by atoms with Crippen LogP contribution >= 0.6 is 11.6 Å². The zero-order chi connectivity index (χ0) is 13.8. The number of halogens is 1. The minimum absolute atomic E-state index is 0.0101. The Balaban J connectivity index is 2.36. The molecular weight excluding hydrogens is 270 g/mol. The Labute approximate surface area is 114 Å². The first-order valence-electron chi connectivity index (χ1n) is 5.66. The van der Waals surface area contributed by atoms with Gasteiger partial charge in [0.1, 0.15) is 0 Å². The van der Waals surface area contributed by atoms with Gasteiger partial charge in [0.15, 0.2) is 5.75 Å². The number of benzene rings is 1. The molecule has 0 unspecified atom stereocenters. The number of ether oxygens (including phenoxy) is 1. The minimum atomic E-state index is -0.448. The third-order valence-corrected chi connectivity index (χ3v) is 2.83. The fourth-order valence-electron chi connectivity index (χ4n) is 1.69. The summed E-state index contributed by atoms with van der Waals surface area (Å²) in [6.45, 7) is 2.44. The van der Waals surface area contributed by atoms with Crippen molar-refractivity contribution in [2.75, 3.05) is 6.61 Å². The van der Waals surface area contributed by atoms with E-state index in [1.807, 2.05) is 6.92 Å². The predicted octanol–water partition coefficient (Wildman–Crippen LogP) is 2.92. The average molecular weight is 282 g/mol.